The highest BCUT2D eigenvalue weighted by Gasteiger charge is 2.32. The molecule has 2 aromatic rings. The summed E-state index contributed by atoms with van der Waals surface area (Å²) in [6, 6.07) is 1.61. The standard InChI is InChI=1S/C16H21ClN6O3/c1-9(2)19-11-5-15(17)18-6-10(11)12-7-23(21-20-12)13-3-4-22(16(25)26)8-14(13)24/h5-7,9,13-14,24H,3-4,8H2,1-2H3,(H,18,19)(H,25,26). The Morgan fingerprint density at radius 3 is 2.88 bits per heavy atom. The van der Waals surface area contributed by atoms with Crippen molar-refractivity contribution < 1.29 is 15.0 Å². The van der Waals surface area contributed by atoms with Crippen molar-refractivity contribution in [2.75, 3.05) is 18.4 Å². The number of β-amino-alcohol motifs (C(OH)–C–C–N with tert-alkyl or cyclic N) is 1. The van der Waals surface area contributed by atoms with Crippen LogP contribution in [-0.2, 0) is 0 Å². The summed E-state index contributed by atoms with van der Waals surface area (Å²) >= 11 is 6.00. The van der Waals surface area contributed by atoms with Crippen molar-refractivity contribution in [2.24, 2.45) is 0 Å². The summed E-state index contributed by atoms with van der Waals surface area (Å²) < 4.78 is 1.59. The van der Waals surface area contributed by atoms with Crippen LogP contribution in [0.3, 0.4) is 0 Å². The van der Waals surface area contributed by atoms with Crippen LogP contribution in [0.4, 0.5) is 10.5 Å². The maximum atomic E-state index is 11.0. The van der Waals surface area contributed by atoms with E-state index in [9.17, 15) is 9.90 Å². The summed E-state index contributed by atoms with van der Waals surface area (Å²) in [4.78, 5) is 16.4. The van der Waals surface area contributed by atoms with Crippen molar-refractivity contribution in [1.82, 2.24) is 24.9 Å². The molecule has 1 aliphatic rings. The molecule has 1 amide bonds. The Morgan fingerprint density at radius 2 is 2.23 bits per heavy atom. The van der Waals surface area contributed by atoms with Gasteiger partial charge in [0.05, 0.1) is 24.9 Å². The molecule has 1 fully saturated rings. The van der Waals surface area contributed by atoms with E-state index in [1.807, 2.05) is 13.8 Å². The number of piperidine rings is 1. The minimum atomic E-state index is -1.03. The van der Waals surface area contributed by atoms with E-state index in [4.69, 9.17) is 16.7 Å². The van der Waals surface area contributed by atoms with Crippen molar-refractivity contribution in [3.63, 3.8) is 0 Å². The van der Waals surface area contributed by atoms with Crippen LogP contribution in [-0.4, -0.2) is 66.4 Å². The van der Waals surface area contributed by atoms with E-state index in [0.29, 0.717) is 23.8 Å². The van der Waals surface area contributed by atoms with E-state index in [2.05, 4.69) is 20.6 Å². The normalized spacial score (nSPS) is 20.4. The summed E-state index contributed by atoms with van der Waals surface area (Å²) in [6.45, 7) is 4.43. The number of nitrogens with zero attached hydrogens (tertiary/aromatic N) is 5. The molecule has 0 aromatic carbocycles. The topological polar surface area (TPSA) is 116 Å². The van der Waals surface area contributed by atoms with Gasteiger partial charge in [-0.05, 0) is 26.3 Å². The van der Waals surface area contributed by atoms with Gasteiger partial charge in [0.25, 0.3) is 0 Å². The Morgan fingerprint density at radius 1 is 1.46 bits per heavy atom. The van der Waals surface area contributed by atoms with E-state index in [-0.39, 0.29) is 18.6 Å². The first-order chi connectivity index (χ1) is 12.3. The fraction of sp³-hybridized carbons (Fsp3) is 0.500. The molecule has 10 heteroatoms. The Kier molecular flexibility index (Phi) is 5.28. The lowest BCUT2D eigenvalue weighted by atomic mass is 10.0. The van der Waals surface area contributed by atoms with Gasteiger partial charge < -0.3 is 20.4 Å². The van der Waals surface area contributed by atoms with Crippen molar-refractivity contribution in [1.29, 1.82) is 0 Å². The second kappa shape index (κ2) is 7.46. The van der Waals surface area contributed by atoms with E-state index in [0.717, 1.165) is 11.3 Å². The van der Waals surface area contributed by atoms with Crippen LogP contribution in [0.25, 0.3) is 11.3 Å². The lowest BCUT2D eigenvalue weighted by Gasteiger charge is -2.33. The van der Waals surface area contributed by atoms with Gasteiger partial charge >= 0.3 is 6.09 Å². The molecular formula is C16H21ClN6O3. The van der Waals surface area contributed by atoms with E-state index in [1.165, 1.54) is 4.90 Å². The van der Waals surface area contributed by atoms with Crippen LogP contribution in [0.1, 0.15) is 26.3 Å². The highest BCUT2D eigenvalue weighted by atomic mass is 35.5. The molecular weight excluding hydrogens is 360 g/mol. The third kappa shape index (κ3) is 3.88. The predicted octanol–water partition coefficient (Wildman–Crippen LogP) is 2.10. The number of carboxylic acid groups (broad SMARTS) is 1. The molecule has 0 radical (unpaired) electrons. The van der Waals surface area contributed by atoms with Gasteiger partial charge in [-0.15, -0.1) is 5.10 Å². The molecule has 9 nitrogen and oxygen atoms in total. The molecule has 3 rings (SSSR count). The molecule has 2 unspecified atom stereocenters. The molecule has 2 aromatic heterocycles. The first-order valence-electron chi connectivity index (χ1n) is 8.35. The highest BCUT2D eigenvalue weighted by molar-refractivity contribution is 6.29. The molecule has 0 saturated carbocycles. The van der Waals surface area contributed by atoms with E-state index < -0.39 is 12.2 Å². The Hall–Kier alpha value is -2.39. The summed E-state index contributed by atoms with van der Waals surface area (Å²) in [7, 11) is 0. The second-order valence-electron chi connectivity index (χ2n) is 6.59. The minimum absolute atomic E-state index is 0.0534. The summed E-state index contributed by atoms with van der Waals surface area (Å²) in [6.07, 6.45) is 1.96. The maximum Gasteiger partial charge on any atom is 0.407 e. The molecule has 0 spiro atoms. The van der Waals surface area contributed by atoms with Gasteiger partial charge in [0.2, 0.25) is 0 Å². The molecule has 26 heavy (non-hydrogen) atoms. The van der Waals surface area contributed by atoms with E-state index in [1.54, 1.807) is 23.1 Å². The number of nitrogens with one attached hydrogen (secondary N) is 1. The van der Waals surface area contributed by atoms with Crippen molar-refractivity contribution >= 4 is 23.4 Å². The number of hydrogen-bond acceptors (Lipinski definition) is 6. The first-order valence-corrected chi connectivity index (χ1v) is 8.73. The van der Waals surface area contributed by atoms with Crippen LogP contribution < -0.4 is 5.32 Å². The number of halogens is 1. The zero-order valence-corrected chi connectivity index (χ0v) is 15.3. The zero-order chi connectivity index (χ0) is 18.8. The lowest BCUT2D eigenvalue weighted by Crippen LogP contribution is -2.46. The van der Waals surface area contributed by atoms with Gasteiger partial charge in [0, 0.05) is 30.0 Å². The molecule has 1 aliphatic heterocycles. The number of aliphatic hydroxyl groups is 1. The van der Waals surface area contributed by atoms with Gasteiger partial charge in [-0.2, -0.15) is 0 Å². The van der Waals surface area contributed by atoms with Gasteiger partial charge in [-0.25, -0.2) is 14.5 Å². The number of aliphatic hydroxyl groups excluding tert-OH is 1. The monoisotopic (exact) mass is 380 g/mol. The number of carbonyl (C=O) groups is 1. The third-order valence-electron chi connectivity index (χ3n) is 4.26. The fourth-order valence-electron chi connectivity index (χ4n) is 3.03. The number of pyridine rings is 1. The number of hydrogen-bond donors (Lipinski definition) is 3. The average molecular weight is 381 g/mol. The smallest absolute Gasteiger partial charge is 0.407 e. The summed E-state index contributed by atoms with van der Waals surface area (Å²) in [5.74, 6) is 0. The Labute approximate surface area is 155 Å². The molecule has 140 valence electrons. The number of likely N-dealkylation sites (tertiary alicyclic amines) is 1. The first kappa shape index (κ1) is 18.4. The number of anilines is 1. The van der Waals surface area contributed by atoms with Gasteiger partial charge in [0.15, 0.2) is 0 Å². The Balaban J connectivity index is 1.84. The number of amides is 1. The maximum absolute atomic E-state index is 11.0. The van der Waals surface area contributed by atoms with Crippen LogP contribution in [0.15, 0.2) is 18.5 Å². The van der Waals surface area contributed by atoms with Crippen molar-refractivity contribution in [3.8, 4) is 11.3 Å². The average Bonchev–Trinajstić information content (AvgIpc) is 3.03. The van der Waals surface area contributed by atoms with Crippen molar-refractivity contribution in [3.05, 3.63) is 23.6 Å². The molecule has 3 N–H and O–H groups in total. The quantitative estimate of drug-likeness (QED) is 0.695. The summed E-state index contributed by atoms with van der Waals surface area (Å²) in [5, 5.41) is 31.4. The predicted molar refractivity (Wildman–Crippen MR) is 96.3 cm³/mol. The van der Waals surface area contributed by atoms with Crippen LogP contribution in [0.5, 0.6) is 0 Å². The van der Waals surface area contributed by atoms with Gasteiger partial charge in [-0.3, -0.25) is 0 Å². The number of rotatable bonds is 4. The summed E-state index contributed by atoms with van der Waals surface area (Å²) in [5.41, 5.74) is 2.16. The fourth-order valence-corrected chi connectivity index (χ4v) is 3.19. The van der Waals surface area contributed by atoms with Gasteiger partial charge in [-0.1, -0.05) is 16.8 Å². The van der Waals surface area contributed by atoms with Crippen LogP contribution >= 0.6 is 11.6 Å². The molecule has 3 heterocycles. The lowest BCUT2D eigenvalue weighted by molar-refractivity contribution is 0.0249. The van der Waals surface area contributed by atoms with E-state index >= 15 is 0 Å². The second-order valence-corrected chi connectivity index (χ2v) is 6.97. The zero-order valence-electron chi connectivity index (χ0n) is 14.5. The molecule has 0 aliphatic carbocycles. The van der Waals surface area contributed by atoms with Crippen LogP contribution in [0, 0.1) is 0 Å². The van der Waals surface area contributed by atoms with Crippen LogP contribution in [0.2, 0.25) is 5.15 Å². The Bertz CT molecular complexity index is 796. The third-order valence-corrected chi connectivity index (χ3v) is 4.46. The minimum Gasteiger partial charge on any atom is -0.465 e. The largest absolute Gasteiger partial charge is 0.465 e. The van der Waals surface area contributed by atoms with Gasteiger partial charge in [0.1, 0.15) is 10.8 Å². The van der Waals surface area contributed by atoms with Crippen molar-refractivity contribution in [2.45, 2.75) is 38.5 Å². The number of aromatic nitrogens is 4. The molecule has 0 bridgehead atoms. The molecule has 1 saturated heterocycles. The molecule has 2 atom stereocenters. The SMILES string of the molecule is CC(C)Nc1cc(Cl)ncc1-c1cn(C2CCN(C(=O)O)CC2O)nn1. The highest BCUT2D eigenvalue weighted by Crippen LogP contribution is 2.30.